The second kappa shape index (κ2) is 9.85. The summed E-state index contributed by atoms with van der Waals surface area (Å²) in [5.41, 5.74) is 2.14. The number of amides is 2. The van der Waals surface area contributed by atoms with Crippen LogP contribution < -0.4 is 15.0 Å². The third-order valence-corrected chi connectivity index (χ3v) is 6.36. The molecule has 0 saturated carbocycles. The molecule has 1 aliphatic rings. The quantitative estimate of drug-likeness (QED) is 0.140. The second-order valence-corrected chi connectivity index (χ2v) is 9.28. The average Bonchev–Trinajstić information content (AvgIpc) is 3.32. The first-order valence-electron chi connectivity index (χ1n) is 10.7. The van der Waals surface area contributed by atoms with Crippen molar-refractivity contribution in [3.8, 4) is 17.2 Å². The predicted molar refractivity (Wildman–Crippen MR) is 148 cm³/mol. The van der Waals surface area contributed by atoms with Crippen LogP contribution in [0, 0.1) is 3.57 Å². The molecule has 0 spiro atoms. The van der Waals surface area contributed by atoms with Crippen molar-refractivity contribution in [2.24, 2.45) is 0 Å². The molecule has 0 bridgehead atoms. The van der Waals surface area contributed by atoms with Gasteiger partial charge in [0, 0.05) is 21.1 Å². The number of hydrogen-bond acceptors (Lipinski definition) is 4. The van der Waals surface area contributed by atoms with E-state index in [-0.39, 0.29) is 10.7 Å². The van der Waals surface area contributed by atoms with Crippen LogP contribution in [-0.4, -0.2) is 21.5 Å². The molecular weight excluding hydrogens is 573 g/mol. The number of carbonyl (C=O) groups excluding carboxylic acids is 2. The average molecular weight is 591 g/mol. The number of hydrogen-bond donors (Lipinski definition) is 1. The predicted octanol–water partition coefficient (Wildman–Crippen LogP) is 5.71. The van der Waals surface area contributed by atoms with Crippen molar-refractivity contribution in [2.75, 3.05) is 4.90 Å². The van der Waals surface area contributed by atoms with Crippen LogP contribution in [0.2, 0.25) is 0 Å². The lowest BCUT2D eigenvalue weighted by Crippen LogP contribution is -2.54. The van der Waals surface area contributed by atoms with Crippen LogP contribution in [-0.2, 0) is 9.59 Å². The number of halogens is 1. The van der Waals surface area contributed by atoms with Crippen molar-refractivity contribution < 1.29 is 14.3 Å². The van der Waals surface area contributed by atoms with E-state index in [9.17, 15) is 9.59 Å². The molecule has 2 heterocycles. The van der Waals surface area contributed by atoms with Crippen LogP contribution >= 0.6 is 34.8 Å². The number of carbonyl (C=O) groups is 2. The minimum Gasteiger partial charge on any atom is -0.457 e. The first-order valence-corrected chi connectivity index (χ1v) is 12.2. The van der Waals surface area contributed by atoms with Gasteiger partial charge < -0.3 is 9.30 Å². The summed E-state index contributed by atoms with van der Waals surface area (Å²) in [5.74, 6) is 0.297. The lowest BCUT2D eigenvalue weighted by molar-refractivity contribution is -0.122. The Hall–Kier alpha value is -3.76. The van der Waals surface area contributed by atoms with Crippen LogP contribution in [0.15, 0.2) is 103 Å². The Morgan fingerprint density at radius 1 is 0.800 bits per heavy atom. The van der Waals surface area contributed by atoms with E-state index in [2.05, 4.69) is 27.9 Å². The maximum absolute atomic E-state index is 13.4. The van der Waals surface area contributed by atoms with Gasteiger partial charge in [-0.3, -0.25) is 19.8 Å². The van der Waals surface area contributed by atoms with E-state index < -0.39 is 11.8 Å². The van der Waals surface area contributed by atoms with Crippen molar-refractivity contribution in [3.05, 3.63) is 112 Å². The first kappa shape index (κ1) is 23.0. The van der Waals surface area contributed by atoms with Gasteiger partial charge in [0.05, 0.1) is 5.69 Å². The molecule has 2 amide bonds. The Morgan fingerprint density at radius 3 is 2.17 bits per heavy atom. The molecule has 4 aromatic rings. The summed E-state index contributed by atoms with van der Waals surface area (Å²) in [7, 11) is 0. The summed E-state index contributed by atoms with van der Waals surface area (Å²) < 4.78 is 8.85. The Morgan fingerprint density at radius 2 is 1.46 bits per heavy atom. The van der Waals surface area contributed by atoms with E-state index in [1.807, 2.05) is 77.5 Å². The number of rotatable bonds is 5. The monoisotopic (exact) mass is 591 g/mol. The van der Waals surface area contributed by atoms with Crippen molar-refractivity contribution >= 4 is 63.5 Å². The van der Waals surface area contributed by atoms with Crippen molar-refractivity contribution in [2.45, 2.75) is 0 Å². The highest BCUT2D eigenvalue weighted by Gasteiger charge is 2.34. The molecule has 8 heteroatoms. The smallest absolute Gasteiger partial charge is 0.270 e. The second-order valence-electron chi connectivity index (χ2n) is 7.65. The summed E-state index contributed by atoms with van der Waals surface area (Å²) in [5, 5.41) is 2.66. The van der Waals surface area contributed by atoms with Gasteiger partial charge in [0.2, 0.25) is 0 Å². The fourth-order valence-corrected chi connectivity index (χ4v) is 4.32. The molecule has 35 heavy (non-hydrogen) atoms. The number of nitrogens with zero attached hydrogens (tertiary/aromatic N) is 2. The molecule has 3 aromatic carbocycles. The number of anilines is 1. The fourth-order valence-electron chi connectivity index (χ4n) is 3.68. The highest BCUT2D eigenvalue weighted by molar-refractivity contribution is 14.1. The molecule has 1 aromatic heterocycles. The van der Waals surface area contributed by atoms with Gasteiger partial charge in [0.1, 0.15) is 17.1 Å². The van der Waals surface area contributed by atoms with Crippen LogP contribution in [0.25, 0.3) is 11.8 Å². The lowest BCUT2D eigenvalue weighted by atomic mass is 10.1. The molecule has 0 aliphatic carbocycles. The van der Waals surface area contributed by atoms with Gasteiger partial charge in [-0.1, -0.05) is 18.2 Å². The molecule has 0 radical (unpaired) electrons. The summed E-state index contributed by atoms with van der Waals surface area (Å²) in [6.07, 6.45) is 3.46. The number of para-hydroxylation sites is 1. The Bertz CT molecular complexity index is 1450. The first-order chi connectivity index (χ1) is 17.0. The van der Waals surface area contributed by atoms with Crippen LogP contribution in [0.3, 0.4) is 0 Å². The van der Waals surface area contributed by atoms with E-state index in [1.54, 1.807) is 30.3 Å². The van der Waals surface area contributed by atoms with Crippen molar-refractivity contribution in [1.82, 2.24) is 9.88 Å². The van der Waals surface area contributed by atoms with Gasteiger partial charge in [0.15, 0.2) is 5.11 Å². The minimum absolute atomic E-state index is 0.00586. The normalized spacial score (nSPS) is 14.8. The van der Waals surface area contributed by atoms with Crippen LogP contribution in [0.4, 0.5) is 5.69 Å². The van der Waals surface area contributed by atoms with Gasteiger partial charge >= 0.3 is 0 Å². The molecule has 0 atom stereocenters. The van der Waals surface area contributed by atoms with Gasteiger partial charge in [-0.05, 0) is 114 Å². The lowest BCUT2D eigenvalue weighted by Gasteiger charge is -2.29. The highest BCUT2D eigenvalue weighted by atomic mass is 127. The molecule has 5 rings (SSSR count). The molecular formula is C27H18IN3O3S. The van der Waals surface area contributed by atoms with Crippen molar-refractivity contribution in [1.29, 1.82) is 0 Å². The van der Waals surface area contributed by atoms with E-state index in [0.717, 1.165) is 9.26 Å². The maximum atomic E-state index is 13.4. The molecule has 172 valence electrons. The van der Waals surface area contributed by atoms with Gasteiger partial charge in [-0.25, -0.2) is 0 Å². The molecule has 1 saturated heterocycles. The van der Waals surface area contributed by atoms with Gasteiger partial charge in [-0.2, -0.15) is 0 Å². The number of thiocarbonyl (C=S) groups is 1. The van der Waals surface area contributed by atoms with Crippen LogP contribution in [0.1, 0.15) is 5.69 Å². The summed E-state index contributed by atoms with van der Waals surface area (Å²) in [6, 6.07) is 28.0. The number of benzene rings is 3. The third kappa shape index (κ3) is 4.89. The standard InChI is InChI=1S/C27H18IN3O3S/c28-18-8-10-19(11-9-18)30-16-4-5-21(30)17-24-25(32)29-27(35)31(26(24)33)20-12-14-23(15-13-20)34-22-6-2-1-3-7-22/h1-17H,(H,29,32,35). The van der Waals surface area contributed by atoms with E-state index in [1.165, 1.54) is 4.90 Å². The Balaban J connectivity index is 1.43. The zero-order valence-corrected chi connectivity index (χ0v) is 21.2. The van der Waals surface area contributed by atoms with Gasteiger partial charge in [0.25, 0.3) is 11.8 Å². The molecule has 6 nitrogen and oxygen atoms in total. The maximum Gasteiger partial charge on any atom is 0.270 e. The van der Waals surface area contributed by atoms with E-state index in [4.69, 9.17) is 17.0 Å². The van der Waals surface area contributed by atoms with Gasteiger partial charge in [-0.15, -0.1) is 0 Å². The number of nitrogens with one attached hydrogen (secondary N) is 1. The minimum atomic E-state index is -0.532. The Kier molecular flexibility index (Phi) is 6.47. The molecule has 1 N–H and O–H groups in total. The van der Waals surface area contributed by atoms with E-state index in [0.29, 0.717) is 22.9 Å². The highest BCUT2D eigenvalue weighted by Crippen LogP contribution is 2.27. The van der Waals surface area contributed by atoms with Crippen LogP contribution in [0.5, 0.6) is 11.5 Å². The van der Waals surface area contributed by atoms with E-state index >= 15 is 0 Å². The number of ether oxygens (including phenoxy) is 1. The SMILES string of the molecule is O=C1NC(=S)N(c2ccc(Oc3ccccc3)cc2)C(=O)C1=Cc1cccn1-c1ccc(I)cc1. The topological polar surface area (TPSA) is 63.6 Å². The molecule has 1 aliphatic heterocycles. The Labute approximate surface area is 221 Å². The summed E-state index contributed by atoms with van der Waals surface area (Å²) in [6.45, 7) is 0. The fraction of sp³-hybridized carbons (Fsp3) is 0. The third-order valence-electron chi connectivity index (χ3n) is 5.35. The molecule has 1 fully saturated rings. The summed E-state index contributed by atoms with van der Waals surface area (Å²) >= 11 is 7.57. The van der Waals surface area contributed by atoms with Crippen molar-refractivity contribution in [3.63, 3.8) is 0 Å². The summed E-state index contributed by atoms with van der Waals surface area (Å²) in [4.78, 5) is 27.4. The largest absolute Gasteiger partial charge is 0.457 e. The number of aromatic nitrogens is 1. The molecule has 0 unspecified atom stereocenters. The zero-order chi connectivity index (χ0) is 24.4. The zero-order valence-electron chi connectivity index (χ0n) is 18.2.